The summed E-state index contributed by atoms with van der Waals surface area (Å²) in [6, 6.07) is 14.7. The maximum atomic E-state index is 12.7. The van der Waals surface area contributed by atoms with Crippen molar-refractivity contribution < 1.29 is 14.6 Å². The van der Waals surface area contributed by atoms with Gasteiger partial charge in [-0.05, 0) is 30.3 Å². The van der Waals surface area contributed by atoms with E-state index in [4.69, 9.17) is 4.74 Å². The Balaban J connectivity index is 1.49. The number of aromatic amines is 1. The summed E-state index contributed by atoms with van der Waals surface area (Å²) in [5, 5.41) is 10.2. The summed E-state index contributed by atoms with van der Waals surface area (Å²) in [6.45, 7) is 0.618. The number of hydrogen-bond donors (Lipinski definition) is 2. The maximum absolute atomic E-state index is 12.7. The summed E-state index contributed by atoms with van der Waals surface area (Å²) in [4.78, 5) is 21.4. The number of carbonyl (C=O) groups excluding carboxylic acids is 1. The lowest BCUT2D eigenvalue weighted by Gasteiger charge is -2.17. The van der Waals surface area contributed by atoms with Gasteiger partial charge in [-0.3, -0.25) is 4.79 Å². The van der Waals surface area contributed by atoms with Gasteiger partial charge in [0.25, 0.3) is 5.91 Å². The molecule has 0 bridgehead atoms. The minimum Gasteiger partial charge on any atom is -0.486 e. The third kappa shape index (κ3) is 2.72. The normalized spacial score (nSPS) is 20.5. The number of ether oxygens (including phenoxy) is 1. The number of nitrogens with one attached hydrogen (secondary N) is 1. The molecule has 0 radical (unpaired) electrons. The first-order valence-corrected chi connectivity index (χ1v) is 7.83. The summed E-state index contributed by atoms with van der Waals surface area (Å²) < 4.78 is 5.80. The van der Waals surface area contributed by atoms with Crippen LogP contribution in [0.1, 0.15) is 10.4 Å². The fraction of sp³-hybridized carbons (Fsp3) is 0.222. The maximum Gasteiger partial charge on any atom is 0.254 e. The Labute approximate surface area is 138 Å². The highest BCUT2D eigenvalue weighted by Crippen LogP contribution is 2.21. The second-order valence-corrected chi connectivity index (χ2v) is 5.88. The van der Waals surface area contributed by atoms with Crippen LogP contribution in [-0.4, -0.2) is 51.2 Å². The van der Waals surface area contributed by atoms with Gasteiger partial charge < -0.3 is 19.7 Å². The number of aliphatic hydroxyl groups excluding tert-OH is 1. The number of nitrogens with zero attached hydrogens (tertiary/aromatic N) is 2. The molecule has 4 rings (SSSR count). The lowest BCUT2D eigenvalue weighted by molar-refractivity contribution is 0.0729. The third-order valence-electron chi connectivity index (χ3n) is 4.22. The number of likely N-dealkylation sites (tertiary alicyclic amines) is 1. The predicted molar refractivity (Wildman–Crippen MR) is 88.9 cm³/mol. The zero-order valence-corrected chi connectivity index (χ0v) is 12.9. The number of para-hydroxylation sites is 1. The Morgan fingerprint density at radius 1 is 1.21 bits per heavy atom. The number of hydrogen-bond acceptors (Lipinski definition) is 4. The van der Waals surface area contributed by atoms with Gasteiger partial charge in [-0.15, -0.1) is 0 Å². The quantitative estimate of drug-likeness (QED) is 0.771. The van der Waals surface area contributed by atoms with Gasteiger partial charge in [-0.2, -0.15) is 0 Å². The number of amides is 1. The molecule has 1 aromatic heterocycles. The van der Waals surface area contributed by atoms with Crippen LogP contribution in [0.2, 0.25) is 0 Å². The highest BCUT2D eigenvalue weighted by molar-refractivity contribution is 5.97. The van der Waals surface area contributed by atoms with E-state index in [0.29, 0.717) is 17.9 Å². The van der Waals surface area contributed by atoms with E-state index in [9.17, 15) is 9.90 Å². The molecule has 0 saturated carbocycles. The van der Waals surface area contributed by atoms with Crippen LogP contribution >= 0.6 is 0 Å². The second-order valence-electron chi connectivity index (χ2n) is 5.88. The van der Waals surface area contributed by atoms with Crippen molar-refractivity contribution in [3.63, 3.8) is 0 Å². The van der Waals surface area contributed by atoms with Crippen molar-refractivity contribution in [3.05, 3.63) is 60.4 Å². The molecule has 0 unspecified atom stereocenters. The van der Waals surface area contributed by atoms with Crippen molar-refractivity contribution in [2.75, 3.05) is 13.1 Å². The average molecular weight is 323 g/mol. The number of benzene rings is 2. The first kappa shape index (κ1) is 14.7. The zero-order valence-electron chi connectivity index (χ0n) is 12.9. The molecule has 6 nitrogen and oxygen atoms in total. The van der Waals surface area contributed by atoms with Crippen LogP contribution in [0.25, 0.3) is 11.0 Å². The van der Waals surface area contributed by atoms with E-state index < -0.39 is 12.2 Å². The molecule has 2 aromatic carbocycles. The molecule has 1 amide bonds. The lowest BCUT2D eigenvalue weighted by atomic mass is 10.2. The van der Waals surface area contributed by atoms with E-state index in [1.807, 2.05) is 36.4 Å². The number of β-amino-alcohol motifs (C(OH)–C–C–N with tert-alkyl or cyclic N) is 1. The first-order valence-electron chi connectivity index (χ1n) is 7.83. The van der Waals surface area contributed by atoms with E-state index >= 15 is 0 Å². The van der Waals surface area contributed by atoms with Crippen LogP contribution in [0.15, 0.2) is 54.9 Å². The average Bonchev–Trinajstić information content (AvgIpc) is 3.21. The molecule has 1 aliphatic rings. The fourth-order valence-corrected chi connectivity index (χ4v) is 2.96. The lowest BCUT2D eigenvalue weighted by Crippen LogP contribution is -2.31. The van der Waals surface area contributed by atoms with Crippen molar-refractivity contribution in [1.82, 2.24) is 14.9 Å². The van der Waals surface area contributed by atoms with E-state index in [1.165, 1.54) is 0 Å². The Hall–Kier alpha value is -2.86. The summed E-state index contributed by atoms with van der Waals surface area (Å²) in [5.41, 5.74) is 2.20. The van der Waals surface area contributed by atoms with Gasteiger partial charge in [0.2, 0.25) is 0 Å². The molecule has 122 valence electrons. The Kier molecular flexibility index (Phi) is 3.66. The summed E-state index contributed by atoms with van der Waals surface area (Å²) in [7, 11) is 0. The van der Waals surface area contributed by atoms with E-state index in [2.05, 4.69) is 9.97 Å². The van der Waals surface area contributed by atoms with Crippen LogP contribution < -0.4 is 4.74 Å². The fourth-order valence-electron chi connectivity index (χ4n) is 2.96. The first-order chi connectivity index (χ1) is 11.7. The summed E-state index contributed by atoms with van der Waals surface area (Å²) in [6.07, 6.45) is 0.472. The monoisotopic (exact) mass is 323 g/mol. The van der Waals surface area contributed by atoms with Crippen LogP contribution in [-0.2, 0) is 0 Å². The zero-order chi connectivity index (χ0) is 16.5. The molecule has 2 N–H and O–H groups in total. The predicted octanol–water partition coefficient (Wildman–Crippen LogP) is 1.83. The molecule has 1 fully saturated rings. The van der Waals surface area contributed by atoms with Crippen molar-refractivity contribution in [2.24, 2.45) is 0 Å². The van der Waals surface area contributed by atoms with Crippen molar-refractivity contribution in [2.45, 2.75) is 12.2 Å². The van der Waals surface area contributed by atoms with Crippen LogP contribution in [0.5, 0.6) is 5.75 Å². The molecule has 2 heterocycles. The summed E-state index contributed by atoms with van der Waals surface area (Å²) >= 11 is 0. The van der Waals surface area contributed by atoms with Crippen molar-refractivity contribution in [3.8, 4) is 5.75 Å². The van der Waals surface area contributed by atoms with Gasteiger partial charge in [-0.25, -0.2) is 4.98 Å². The Bertz CT molecular complexity index is 862. The molecule has 3 aromatic rings. The van der Waals surface area contributed by atoms with Gasteiger partial charge in [0.15, 0.2) is 0 Å². The number of H-pyrrole nitrogens is 1. The number of aromatic nitrogens is 2. The largest absolute Gasteiger partial charge is 0.486 e. The van der Waals surface area contributed by atoms with E-state index in [0.717, 1.165) is 11.0 Å². The molecular weight excluding hydrogens is 306 g/mol. The SMILES string of the molecule is O=C(c1ccc2nc[nH]c2c1)N1C[C@@H](O)[C@H](Oc2ccccc2)C1. The van der Waals surface area contributed by atoms with E-state index in [-0.39, 0.29) is 12.5 Å². The topological polar surface area (TPSA) is 78.5 Å². The second kappa shape index (κ2) is 5.98. The van der Waals surface area contributed by atoms with Gasteiger partial charge in [0.05, 0.1) is 30.5 Å². The standard InChI is InChI=1S/C18H17N3O3/c22-16-9-21(10-17(16)24-13-4-2-1-3-5-13)18(23)12-6-7-14-15(8-12)20-11-19-14/h1-8,11,16-17,22H,9-10H2,(H,19,20)/t16-,17-/m1/s1. The van der Waals surface area contributed by atoms with Gasteiger partial charge in [0.1, 0.15) is 18.0 Å². The molecule has 6 heteroatoms. The minimum absolute atomic E-state index is 0.121. The van der Waals surface area contributed by atoms with E-state index in [1.54, 1.807) is 23.4 Å². The number of fused-ring (bicyclic) bond motifs is 1. The highest BCUT2D eigenvalue weighted by Gasteiger charge is 2.36. The highest BCUT2D eigenvalue weighted by atomic mass is 16.5. The number of imidazole rings is 1. The Morgan fingerprint density at radius 3 is 2.88 bits per heavy atom. The smallest absolute Gasteiger partial charge is 0.254 e. The minimum atomic E-state index is -0.704. The number of aliphatic hydroxyl groups is 1. The number of carbonyl (C=O) groups is 1. The third-order valence-corrected chi connectivity index (χ3v) is 4.22. The molecule has 2 atom stereocenters. The molecule has 0 aliphatic carbocycles. The van der Waals surface area contributed by atoms with Gasteiger partial charge in [0, 0.05) is 5.56 Å². The van der Waals surface area contributed by atoms with Gasteiger partial charge in [-0.1, -0.05) is 18.2 Å². The van der Waals surface area contributed by atoms with Crippen molar-refractivity contribution in [1.29, 1.82) is 0 Å². The molecule has 1 saturated heterocycles. The molecule has 0 spiro atoms. The summed E-state index contributed by atoms with van der Waals surface area (Å²) in [5.74, 6) is 0.569. The molecular formula is C18H17N3O3. The number of rotatable bonds is 3. The van der Waals surface area contributed by atoms with Crippen LogP contribution in [0, 0.1) is 0 Å². The van der Waals surface area contributed by atoms with Crippen LogP contribution in [0.3, 0.4) is 0 Å². The van der Waals surface area contributed by atoms with Crippen LogP contribution in [0.4, 0.5) is 0 Å². The van der Waals surface area contributed by atoms with Gasteiger partial charge >= 0.3 is 0 Å². The Morgan fingerprint density at radius 2 is 2.04 bits per heavy atom. The molecule has 24 heavy (non-hydrogen) atoms. The van der Waals surface area contributed by atoms with Crippen molar-refractivity contribution >= 4 is 16.9 Å². The molecule has 1 aliphatic heterocycles.